The van der Waals surface area contributed by atoms with E-state index < -0.39 is 0 Å². The normalized spacial score (nSPS) is 9.92. The summed E-state index contributed by atoms with van der Waals surface area (Å²) in [5.74, 6) is -0.179. The summed E-state index contributed by atoms with van der Waals surface area (Å²) in [6.07, 6.45) is 0. The second-order valence-corrected chi connectivity index (χ2v) is 3.01. The molecule has 0 spiro atoms. The lowest BCUT2D eigenvalue weighted by molar-refractivity contribution is 0.471. The topological polar surface area (TPSA) is 20.2 Å². The highest BCUT2D eigenvalue weighted by atomic mass is 19.1. The van der Waals surface area contributed by atoms with Crippen molar-refractivity contribution in [2.75, 3.05) is 0 Å². The minimum absolute atomic E-state index is 0.0978. The molecule has 0 saturated carbocycles. The maximum atomic E-state index is 13.3. The lowest BCUT2D eigenvalue weighted by Gasteiger charge is -2.08. The fraction of sp³-hybridized carbons (Fsp3) is 0.250. The molecule has 62 valence electrons. The Morgan fingerprint density at radius 2 is 2.17 bits per heavy atom. The van der Waals surface area contributed by atoms with Crippen molar-refractivity contribution in [1.82, 2.24) is 0 Å². The van der Waals surface area contributed by atoms with Gasteiger partial charge in [0.1, 0.15) is 19.4 Å². The smallest absolute Gasteiger partial charge is 0.163 e. The number of aromatic hydroxyl groups is 1. The Hall–Kier alpha value is -0.920. The van der Waals surface area contributed by atoms with Crippen LogP contribution in [0.2, 0.25) is 6.82 Å². The fourth-order valence-electron chi connectivity index (χ4n) is 1.36. The van der Waals surface area contributed by atoms with E-state index in [1.165, 1.54) is 0 Å². The number of hydrogen-bond acceptors (Lipinski definition) is 1. The van der Waals surface area contributed by atoms with E-state index in [2.05, 4.69) is 0 Å². The molecular weight excluding hydrogens is 153 g/mol. The number of hydrogen-bond donors (Lipinski definition) is 1. The third-order valence-electron chi connectivity index (χ3n) is 2.06. The molecule has 4 heteroatoms. The lowest BCUT2D eigenvalue weighted by Crippen LogP contribution is -2.26. The molecule has 0 heterocycles. The van der Waals surface area contributed by atoms with Crippen molar-refractivity contribution in [3.63, 3.8) is 0 Å². The van der Waals surface area contributed by atoms with E-state index in [1.54, 1.807) is 20.8 Å². The first-order valence-corrected chi connectivity index (χ1v) is 4.05. The zero-order chi connectivity index (χ0) is 9.30. The van der Waals surface area contributed by atoms with Crippen LogP contribution >= 0.6 is 0 Å². The van der Waals surface area contributed by atoms with Gasteiger partial charge in [-0.05, 0) is 17.9 Å². The summed E-state index contributed by atoms with van der Waals surface area (Å²) in [6.45, 7) is 3.61. The van der Waals surface area contributed by atoms with Gasteiger partial charge in [-0.1, -0.05) is 18.4 Å². The van der Waals surface area contributed by atoms with Crippen LogP contribution in [0, 0.1) is 12.7 Å². The first-order chi connectivity index (χ1) is 5.57. The maximum Gasteiger partial charge on any atom is 0.163 e. The number of aryl methyl sites for hydroxylation is 1. The Morgan fingerprint density at radius 3 is 2.67 bits per heavy atom. The van der Waals surface area contributed by atoms with Gasteiger partial charge in [-0.25, -0.2) is 4.39 Å². The van der Waals surface area contributed by atoms with E-state index in [0.717, 1.165) is 5.56 Å². The molecule has 0 atom stereocenters. The molecule has 0 aliphatic heterocycles. The average Bonchev–Trinajstić information content (AvgIpc) is 2.02. The summed E-state index contributed by atoms with van der Waals surface area (Å²) < 4.78 is 13.3. The molecule has 0 aromatic heterocycles. The largest absolute Gasteiger partial charge is 0.508 e. The zero-order valence-corrected chi connectivity index (χ0v) is 7.61. The third kappa shape index (κ3) is 1.33. The SMILES string of the molecule is Bc1cc(C)c(O)c(BC)c1F. The Labute approximate surface area is 73.3 Å². The molecular formula is C8H11B2FO. The highest BCUT2D eigenvalue weighted by Crippen LogP contribution is 2.11. The maximum absolute atomic E-state index is 13.3. The van der Waals surface area contributed by atoms with Gasteiger partial charge >= 0.3 is 0 Å². The number of phenolic OH excluding ortho intramolecular Hbond substituents is 1. The van der Waals surface area contributed by atoms with Crippen molar-refractivity contribution in [2.24, 2.45) is 0 Å². The van der Waals surface area contributed by atoms with E-state index in [0.29, 0.717) is 18.2 Å². The molecule has 0 aliphatic carbocycles. The van der Waals surface area contributed by atoms with Crippen LogP contribution in [0.15, 0.2) is 6.07 Å². The Morgan fingerprint density at radius 1 is 1.58 bits per heavy atom. The van der Waals surface area contributed by atoms with Crippen LogP contribution in [-0.2, 0) is 0 Å². The predicted octanol–water partition coefficient (Wildman–Crippen LogP) is -0.792. The second-order valence-electron chi connectivity index (χ2n) is 3.01. The molecule has 0 fully saturated rings. The third-order valence-corrected chi connectivity index (χ3v) is 2.06. The van der Waals surface area contributed by atoms with Crippen LogP contribution in [-0.4, -0.2) is 20.2 Å². The Bertz CT molecular complexity index is 286. The van der Waals surface area contributed by atoms with Crippen LogP contribution in [0.3, 0.4) is 0 Å². The summed E-state index contributed by atoms with van der Waals surface area (Å²) >= 11 is 0. The molecule has 1 nitrogen and oxygen atoms in total. The molecule has 0 bridgehead atoms. The van der Waals surface area contributed by atoms with Crippen molar-refractivity contribution in [1.29, 1.82) is 0 Å². The zero-order valence-electron chi connectivity index (χ0n) is 7.61. The van der Waals surface area contributed by atoms with E-state index in [1.807, 2.05) is 6.82 Å². The van der Waals surface area contributed by atoms with Gasteiger partial charge in [0.2, 0.25) is 0 Å². The summed E-state index contributed by atoms with van der Waals surface area (Å²) in [5, 5.41) is 9.46. The number of halogens is 1. The monoisotopic (exact) mass is 164 g/mol. The highest BCUT2D eigenvalue weighted by Gasteiger charge is 2.11. The fourth-order valence-corrected chi connectivity index (χ4v) is 1.36. The van der Waals surface area contributed by atoms with Gasteiger partial charge in [0.25, 0.3) is 0 Å². The molecule has 1 N–H and O–H groups in total. The minimum atomic E-state index is -0.277. The molecule has 0 radical (unpaired) electrons. The van der Waals surface area contributed by atoms with Crippen LogP contribution in [0.1, 0.15) is 5.56 Å². The van der Waals surface area contributed by atoms with Crippen LogP contribution in [0.25, 0.3) is 0 Å². The van der Waals surface area contributed by atoms with Gasteiger partial charge in [0.15, 0.2) is 7.28 Å². The van der Waals surface area contributed by atoms with Crippen molar-refractivity contribution >= 4 is 26.1 Å². The summed E-state index contributed by atoms with van der Waals surface area (Å²) in [4.78, 5) is 0. The van der Waals surface area contributed by atoms with E-state index in [9.17, 15) is 9.50 Å². The van der Waals surface area contributed by atoms with Gasteiger partial charge < -0.3 is 5.11 Å². The van der Waals surface area contributed by atoms with Crippen LogP contribution in [0.4, 0.5) is 4.39 Å². The quantitative estimate of drug-likeness (QED) is 0.539. The molecule has 0 aliphatic rings. The van der Waals surface area contributed by atoms with Gasteiger partial charge in [-0.3, -0.25) is 0 Å². The molecule has 0 saturated heterocycles. The molecule has 1 aromatic rings. The molecule has 0 amide bonds. The van der Waals surface area contributed by atoms with E-state index >= 15 is 0 Å². The highest BCUT2D eigenvalue weighted by molar-refractivity contribution is 6.54. The molecule has 0 unspecified atom stereocenters. The van der Waals surface area contributed by atoms with Crippen LogP contribution in [0.5, 0.6) is 5.75 Å². The first kappa shape index (κ1) is 9.17. The Kier molecular flexibility index (Phi) is 2.46. The first-order valence-electron chi connectivity index (χ1n) is 4.05. The molecule has 1 aromatic carbocycles. The van der Waals surface area contributed by atoms with Crippen molar-refractivity contribution in [2.45, 2.75) is 13.7 Å². The minimum Gasteiger partial charge on any atom is -0.508 e. The Balaban J connectivity index is 3.42. The average molecular weight is 164 g/mol. The van der Waals surface area contributed by atoms with Crippen LogP contribution < -0.4 is 10.9 Å². The number of rotatable bonds is 1. The standard InChI is InChI=1S/C8H11B2FO/c1-4-3-5(9)7(11)6(10-2)8(4)12/h3,10,12H,9H2,1-2H3. The summed E-state index contributed by atoms with van der Waals surface area (Å²) in [6, 6.07) is 1.66. The van der Waals surface area contributed by atoms with E-state index in [4.69, 9.17) is 0 Å². The summed E-state index contributed by atoms with van der Waals surface area (Å²) in [5.41, 5.74) is 1.76. The van der Waals surface area contributed by atoms with Crippen molar-refractivity contribution in [3.05, 3.63) is 17.4 Å². The van der Waals surface area contributed by atoms with Gasteiger partial charge in [-0.2, -0.15) is 0 Å². The van der Waals surface area contributed by atoms with Gasteiger partial charge in [-0.15, -0.1) is 0 Å². The molecule has 12 heavy (non-hydrogen) atoms. The van der Waals surface area contributed by atoms with Gasteiger partial charge in [0.05, 0.1) is 0 Å². The number of benzene rings is 1. The number of phenols is 1. The molecule has 1 rings (SSSR count). The second kappa shape index (κ2) is 3.21. The lowest BCUT2D eigenvalue weighted by atomic mass is 9.69. The van der Waals surface area contributed by atoms with Gasteiger partial charge in [0, 0.05) is 0 Å². The van der Waals surface area contributed by atoms with Crippen molar-refractivity contribution in [3.8, 4) is 5.75 Å². The summed E-state index contributed by atoms with van der Waals surface area (Å²) in [7, 11) is 2.24. The van der Waals surface area contributed by atoms with E-state index in [-0.39, 0.29) is 11.6 Å². The van der Waals surface area contributed by atoms with Crippen molar-refractivity contribution < 1.29 is 9.50 Å². The predicted molar refractivity (Wildman–Crippen MR) is 53.6 cm³/mol.